The lowest BCUT2D eigenvalue weighted by atomic mass is 9.89. The number of ether oxygens (including phenoxy) is 2. The van der Waals surface area contributed by atoms with Crippen LogP contribution >= 0.6 is 0 Å². The third kappa shape index (κ3) is 7.81. The molecular formula is C27H34N4O4. The Morgan fingerprint density at radius 2 is 1.83 bits per heavy atom. The lowest BCUT2D eigenvalue weighted by Gasteiger charge is -2.32. The van der Waals surface area contributed by atoms with E-state index < -0.39 is 0 Å². The van der Waals surface area contributed by atoms with E-state index in [1.54, 1.807) is 13.2 Å². The van der Waals surface area contributed by atoms with E-state index in [9.17, 15) is 9.59 Å². The number of amides is 3. The molecule has 2 aromatic carbocycles. The Morgan fingerprint density at radius 1 is 1.09 bits per heavy atom. The summed E-state index contributed by atoms with van der Waals surface area (Å²) in [5, 5.41) is 14.6. The Morgan fingerprint density at radius 3 is 2.51 bits per heavy atom. The van der Waals surface area contributed by atoms with Gasteiger partial charge in [-0.2, -0.15) is 5.26 Å². The summed E-state index contributed by atoms with van der Waals surface area (Å²) >= 11 is 0. The number of nitrogens with one attached hydrogen (secondary N) is 2. The number of rotatable bonds is 10. The van der Waals surface area contributed by atoms with Crippen molar-refractivity contribution in [1.29, 1.82) is 5.26 Å². The third-order valence-corrected chi connectivity index (χ3v) is 6.21. The van der Waals surface area contributed by atoms with Crippen molar-refractivity contribution >= 4 is 17.6 Å². The van der Waals surface area contributed by atoms with Crippen molar-refractivity contribution in [1.82, 2.24) is 10.2 Å². The highest BCUT2D eigenvalue weighted by Crippen LogP contribution is 2.29. The second-order valence-corrected chi connectivity index (χ2v) is 8.67. The summed E-state index contributed by atoms with van der Waals surface area (Å²) in [4.78, 5) is 27.3. The maximum absolute atomic E-state index is 13.1. The fraction of sp³-hybridized carbons (Fsp3) is 0.444. The van der Waals surface area contributed by atoms with Gasteiger partial charge in [-0.1, -0.05) is 18.2 Å². The Balaban J connectivity index is 1.49. The zero-order valence-electron chi connectivity index (χ0n) is 20.5. The summed E-state index contributed by atoms with van der Waals surface area (Å²) in [6.45, 7) is 5.38. The number of anilines is 1. The predicted molar refractivity (Wildman–Crippen MR) is 135 cm³/mol. The SMILES string of the molecule is COCCOCCCNC(=O)Nc1cc(C(=O)N2CCC(c3ccc(C#N)cc3)CC2)ccc1C. The van der Waals surface area contributed by atoms with Gasteiger partial charge in [-0.3, -0.25) is 4.79 Å². The van der Waals surface area contributed by atoms with Crippen molar-refractivity contribution in [2.45, 2.75) is 32.1 Å². The van der Waals surface area contributed by atoms with Crippen molar-refractivity contribution in [3.05, 3.63) is 64.7 Å². The van der Waals surface area contributed by atoms with Crippen LogP contribution in [0.2, 0.25) is 0 Å². The summed E-state index contributed by atoms with van der Waals surface area (Å²) in [5.41, 5.74) is 3.95. The number of nitrogens with zero attached hydrogens (tertiary/aromatic N) is 2. The van der Waals surface area contributed by atoms with Crippen LogP contribution in [0.4, 0.5) is 10.5 Å². The molecule has 3 rings (SSSR count). The van der Waals surface area contributed by atoms with E-state index in [0.29, 0.717) is 68.6 Å². The standard InChI is InChI=1S/C27H34N4O4/c1-20-4-7-24(18-25(20)30-27(33)29-12-3-15-35-17-16-34-2)26(32)31-13-10-23(11-14-31)22-8-5-21(19-28)6-9-22/h4-9,18,23H,3,10-17H2,1-2H3,(H2,29,30,33). The third-order valence-electron chi connectivity index (χ3n) is 6.21. The van der Waals surface area contributed by atoms with Crippen molar-refractivity contribution in [2.75, 3.05) is 51.9 Å². The van der Waals surface area contributed by atoms with E-state index >= 15 is 0 Å². The number of methoxy groups -OCH3 is 1. The van der Waals surface area contributed by atoms with Gasteiger partial charge in [0.15, 0.2) is 0 Å². The molecule has 0 aromatic heterocycles. The topological polar surface area (TPSA) is 104 Å². The number of urea groups is 1. The lowest BCUT2D eigenvalue weighted by Crippen LogP contribution is -2.38. The summed E-state index contributed by atoms with van der Waals surface area (Å²) in [6.07, 6.45) is 2.46. The van der Waals surface area contributed by atoms with Crippen molar-refractivity contribution in [3.8, 4) is 6.07 Å². The Hall–Kier alpha value is -3.41. The van der Waals surface area contributed by atoms with Crippen LogP contribution in [0.1, 0.15) is 52.2 Å². The minimum Gasteiger partial charge on any atom is -0.382 e. The highest BCUT2D eigenvalue weighted by atomic mass is 16.5. The molecule has 8 nitrogen and oxygen atoms in total. The van der Waals surface area contributed by atoms with E-state index in [1.165, 1.54) is 5.56 Å². The first-order chi connectivity index (χ1) is 17.0. The van der Waals surface area contributed by atoms with E-state index in [4.69, 9.17) is 14.7 Å². The van der Waals surface area contributed by atoms with Gasteiger partial charge in [0.05, 0.1) is 24.8 Å². The van der Waals surface area contributed by atoms with Gasteiger partial charge in [0.2, 0.25) is 0 Å². The van der Waals surface area contributed by atoms with Gasteiger partial charge in [0, 0.05) is 44.6 Å². The number of carbonyl (C=O) groups is 2. The molecule has 186 valence electrons. The molecule has 2 N–H and O–H groups in total. The van der Waals surface area contributed by atoms with Gasteiger partial charge in [0.25, 0.3) is 5.91 Å². The van der Waals surface area contributed by atoms with Crippen LogP contribution < -0.4 is 10.6 Å². The summed E-state index contributed by atoms with van der Waals surface area (Å²) in [6, 6.07) is 15.0. The Bertz CT molecular complexity index is 1020. The average Bonchev–Trinajstić information content (AvgIpc) is 2.89. The van der Waals surface area contributed by atoms with Gasteiger partial charge >= 0.3 is 6.03 Å². The highest BCUT2D eigenvalue weighted by Gasteiger charge is 2.25. The van der Waals surface area contributed by atoms with E-state index in [-0.39, 0.29) is 11.9 Å². The van der Waals surface area contributed by atoms with Gasteiger partial charge in [-0.25, -0.2) is 4.79 Å². The van der Waals surface area contributed by atoms with Crippen LogP contribution in [0.25, 0.3) is 0 Å². The van der Waals surface area contributed by atoms with Crippen LogP contribution in [0.3, 0.4) is 0 Å². The second-order valence-electron chi connectivity index (χ2n) is 8.67. The molecule has 1 aliphatic heterocycles. The molecule has 0 unspecified atom stereocenters. The number of piperidine rings is 1. The normalized spacial score (nSPS) is 13.8. The molecule has 0 bridgehead atoms. The lowest BCUT2D eigenvalue weighted by molar-refractivity contribution is 0.0697. The molecule has 0 spiro atoms. The molecule has 0 saturated carbocycles. The van der Waals surface area contributed by atoms with Crippen LogP contribution in [0.5, 0.6) is 0 Å². The smallest absolute Gasteiger partial charge is 0.319 e. The number of likely N-dealkylation sites (tertiary alicyclic amines) is 1. The van der Waals surface area contributed by atoms with Crippen molar-refractivity contribution in [2.24, 2.45) is 0 Å². The second kappa shape index (κ2) is 13.5. The number of hydrogen-bond donors (Lipinski definition) is 2. The van der Waals surface area contributed by atoms with Crippen molar-refractivity contribution in [3.63, 3.8) is 0 Å². The first kappa shape index (κ1) is 26.2. The highest BCUT2D eigenvalue weighted by molar-refractivity contribution is 5.97. The molecule has 3 amide bonds. The monoisotopic (exact) mass is 478 g/mol. The van der Waals surface area contributed by atoms with Crippen LogP contribution in [0, 0.1) is 18.3 Å². The molecule has 1 aliphatic rings. The maximum Gasteiger partial charge on any atom is 0.319 e. The zero-order valence-corrected chi connectivity index (χ0v) is 20.5. The number of benzene rings is 2. The molecule has 35 heavy (non-hydrogen) atoms. The Kier molecular flexibility index (Phi) is 10.1. The number of hydrogen-bond acceptors (Lipinski definition) is 5. The van der Waals surface area contributed by atoms with Crippen molar-refractivity contribution < 1.29 is 19.1 Å². The Labute approximate surface area is 207 Å². The maximum atomic E-state index is 13.1. The molecule has 0 atom stereocenters. The molecule has 0 radical (unpaired) electrons. The zero-order chi connectivity index (χ0) is 25.0. The molecule has 1 saturated heterocycles. The number of aryl methyl sites for hydroxylation is 1. The minimum absolute atomic E-state index is 0.0278. The minimum atomic E-state index is -0.308. The largest absolute Gasteiger partial charge is 0.382 e. The van der Waals surface area contributed by atoms with E-state index in [1.807, 2.05) is 48.2 Å². The fourth-order valence-corrected chi connectivity index (χ4v) is 4.10. The van der Waals surface area contributed by atoms with Crippen LogP contribution in [-0.2, 0) is 9.47 Å². The molecule has 1 heterocycles. The van der Waals surface area contributed by atoms with Gasteiger partial charge in [-0.05, 0) is 67.5 Å². The first-order valence-electron chi connectivity index (χ1n) is 12.0. The van der Waals surface area contributed by atoms with Gasteiger partial charge in [0.1, 0.15) is 0 Å². The molecule has 0 aliphatic carbocycles. The predicted octanol–water partition coefficient (Wildman–Crippen LogP) is 4.06. The van der Waals surface area contributed by atoms with Crippen LogP contribution in [0.15, 0.2) is 42.5 Å². The first-order valence-corrected chi connectivity index (χ1v) is 12.0. The van der Waals surface area contributed by atoms with E-state index in [0.717, 1.165) is 18.4 Å². The quantitative estimate of drug-likeness (QED) is 0.501. The average molecular weight is 479 g/mol. The molecular weight excluding hydrogens is 444 g/mol. The molecule has 8 heteroatoms. The van der Waals surface area contributed by atoms with Crippen LogP contribution in [-0.4, -0.2) is 63.4 Å². The van der Waals surface area contributed by atoms with Gasteiger partial charge in [-0.15, -0.1) is 0 Å². The number of nitriles is 1. The summed E-state index contributed by atoms with van der Waals surface area (Å²) in [5.74, 6) is 0.357. The molecule has 1 fully saturated rings. The summed E-state index contributed by atoms with van der Waals surface area (Å²) < 4.78 is 10.3. The fourth-order valence-electron chi connectivity index (χ4n) is 4.10. The van der Waals surface area contributed by atoms with E-state index in [2.05, 4.69) is 16.7 Å². The number of carbonyl (C=O) groups excluding carboxylic acids is 2. The molecule has 2 aromatic rings. The summed E-state index contributed by atoms with van der Waals surface area (Å²) in [7, 11) is 1.63. The van der Waals surface area contributed by atoms with Gasteiger partial charge < -0.3 is 25.0 Å².